The summed E-state index contributed by atoms with van der Waals surface area (Å²) in [5.74, 6) is 0.701. The van der Waals surface area contributed by atoms with Crippen molar-refractivity contribution in [1.82, 2.24) is 10.6 Å². The molecule has 0 aliphatic rings. The largest absolute Gasteiger partial charge is 0.315 e. The molecule has 1 atom stereocenters. The maximum atomic E-state index is 6.10. The second-order valence-corrected chi connectivity index (χ2v) is 6.65. The van der Waals surface area contributed by atoms with Gasteiger partial charge in [-0.1, -0.05) is 31.5 Å². The van der Waals surface area contributed by atoms with Crippen molar-refractivity contribution < 1.29 is 0 Å². The van der Waals surface area contributed by atoms with Gasteiger partial charge < -0.3 is 10.6 Å². The topological polar surface area (TPSA) is 24.1 Å². The van der Waals surface area contributed by atoms with Crippen LogP contribution in [0.2, 0.25) is 5.02 Å². The average molecular weight is 381 g/mol. The molecular formula is C14H22ClIN2. The number of hydrogen-bond donors (Lipinski definition) is 2. The van der Waals surface area contributed by atoms with E-state index in [0.717, 1.165) is 28.2 Å². The molecule has 0 fully saturated rings. The number of benzene rings is 1. The molecule has 102 valence electrons. The van der Waals surface area contributed by atoms with Crippen LogP contribution in [0.15, 0.2) is 18.2 Å². The van der Waals surface area contributed by atoms with Crippen molar-refractivity contribution in [2.24, 2.45) is 5.92 Å². The van der Waals surface area contributed by atoms with Crippen LogP contribution in [0.5, 0.6) is 0 Å². The van der Waals surface area contributed by atoms with Crippen molar-refractivity contribution in [1.29, 1.82) is 0 Å². The summed E-state index contributed by atoms with van der Waals surface area (Å²) >= 11 is 8.34. The van der Waals surface area contributed by atoms with E-state index in [2.05, 4.69) is 66.1 Å². The Balaban J connectivity index is 2.29. The highest BCUT2D eigenvalue weighted by Gasteiger charge is 2.03. The van der Waals surface area contributed by atoms with E-state index in [1.165, 1.54) is 5.56 Å². The minimum absolute atomic E-state index is 0.460. The molecule has 0 aliphatic carbocycles. The van der Waals surface area contributed by atoms with E-state index in [9.17, 15) is 0 Å². The summed E-state index contributed by atoms with van der Waals surface area (Å²) in [6, 6.07) is 6.67. The molecule has 0 saturated carbocycles. The summed E-state index contributed by atoms with van der Waals surface area (Å²) < 4.78 is 1.10. The molecule has 1 aromatic rings. The molecule has 0 aromatic heterocycles. The second kappa shape index (κ2) is 8.35. The first-order chi connectivity index (χ1) is 8.49. The van der Waals surface area contributed by atoms with Crippen LogP contribution in [0.1, 0.15) is 26.3 Å². The van der Waals surface area contributed by atoms with Crippen LogP contribution in [0.4, 0.5) is 0 Å². The second-order valence-electron chi connectivity index (χ2n) is 5.08. The smallest absolute Gasteiger partial charge is 0.0542 e. The Hall–Kier alpha value is 0.160. The van der Waals surface area contributed by atoms with Crippen LogP contribution in [0.3, 0.4) is 0 Å². The highest BCUT2D eigenvalue weighted by atomic mass is 127. The van der Waals surface area contributed by atoms with E-state index in [0.29, 0.717) is 12.0 Å². The maximum Gasteiger partial charge on any atom is 0.0542 e. The third-order valence-electron chi connectivity index (χ3n) is 2.64. The first-order valence-corrected chi connectivity index (χ1v) is 7.82. The minimum atomic E-state index is 0.460. The van der Waals surface area contributed by atoms with Gasteiger partial charge in [-0.2, -0.15) is 0 Å². The molecular weight excluding hydrogens is 359 g/mol. The Morgan fingerprint density at radius 3 is 2.56 bits per heavy atom. The summed E-state index contributed by atoms with van der Waals surface area (Å²) in [5.41, 5.74) is 1.23. The number of hydrogen-bond acceptors (Lipinski definition) is 2. The van der Waals surface area contributed by atoms with E-state index < -0.39 is 0 Å². The van der Waals surface area contributed by atoms with Crippen molar-refractivity contribution in [3.8, 4) is 0 Å². The van der Waals surface area contributed by atoms with Crippen molar-refractivity contribution in [3.63, 3.8) is 0 Å². The van der Waals surface area contributed by atoms with Crippen LogP contribution in [-0.2, 0) is 6.54 Å². The van der Waals surface area contributed by atoms with E-state index in [4.69, 9.17) is 11.6 Å². The van der Waals surface area contributed by atoms with Crippen molar-refractivity contribution in [2.45, 2.75) is 33.4 Å². The van der Waals surface area contributed by atoms with Crippen LogP contribution < -0.4 is 10.6 Å². The van der Waals surface area contributed by atoms with E-state index >= 15 is 0 Å². The molecule has 0 aliphatic heterocycles. The summed E-state index contributed by atoms with van der Waals surface area (Å²) in [4.78, 5) is 0. The lowest BCUT2D eigenvalue weighted by atomic mass is 10.2. The van der Waals surface area contributed by atoms with E-state index in [-0.39, 0.29) is 0 Å². The molecule has 0 spiro atoms. The lowest BCUT2D eigenvalue weighted by Crippen LogP contribution is -2.37. The summed E-state index contributed by atoms with van der Waals surface area (Å²) in [7, 11) is 0. The average Bonchev–Trinajstić information content (AvgIpc) is 2.30. The lowest BCUT2D eigenvalue weighted by Gasteiger charge is -2.16. The van der Waals surface area contributed by atoms with Gasteiger partial charge >= 0.3 is 0 Å². The van der Waals surface area contributed by atoms with Gasteiger partial charge in [0.25, 0.3) is 0 Å². The SMILES string of the molecule is CC(C)CNCC(C)NCc1ccc(I)c(Cl)c1. The highest BCUT2D eigenvalue weighted by Crippen LogP contribution is 2.19. The predicted molar refractivity (Wildman–Crippen MR) is 88.2 cm³/mol. The Morgan fingerprint density at radius 2 is 1.94 bits per heavy atom. The van der Waals surface area contributed by atoms with Crippen molar-refractivity contribution >= 4 is 34.2 Å². The Bertz CT molecular complexity index is 369. The zero-order valence-electron chi connectivity index (χ0n) is 11.3. The Kier molecular flexibility index (Phi) is 7.53. The van der Waals surface area contributed by atoms with Crippen LogP contribution >= 0.6 is 34.2 Å². The van der Waals surface area contributed by atoms with Crippen LogP contribution in [0.25, 0.3) is 0 Å². The van der Waals surface area contributed by atoms with Gasteiger partial charge in [-0.15, -0.1) is 0 Å². The molecule has 0 heterocycles. The number of nitrogens with one attached hydrogen (secondary N) is 2. The summed E-state index contributed by atoms with van der Waals surface area (Å²) in [6.07, 6.45) is 0. The zero-order chi connectivity index (χ0) is 13.5. The molecule has 0 amide bonds. The van der Waals surface area contributed by atoms with Gasteiger partial charge in [0.2, 0.25) is 0 Å². The fraction of sp³-hybridized carbons (Fsp3) is 0.571. The molecule has 1 aromatic carbocycles. The van der Waals surface area contributed by atoms with E-state index in [1.807, 2.05) is 6.07 Å². The van der Waals surface area contributed by atoms with Gasteiger partial charge in [-0.05, 0) is 59.7 Å². The first-order valence-electron chi connectivity index (χ1n) is 6.37. The molecule has 1 unspecified atom stereocenters. The Labute approximate surface area is 129 Å². The third kappa shape index (κ3) is 6.36. The van der Waals surface area contributed by atoms with Gasteiger partial charge in [0.1, 0.15) is 0 Å². The number of halogens is 2. The summed E-state index contributed by atoms with van der Waals surface area (Å²) in [5, 5.41) is 7.78. The van der Waals surface area contributed by atoms with Gasteiger partial charge in [-0.25, -0.2) is 0 Å². The van der Waals surface area contributed by atoms with Crippen molar-refractivity contribution in [3.05, 3.63) is 32.4 Å². The Morgan fingerprint density at radius 1 is 1.22 bits per heavy atom. The molecule has 0 bridgehead atoms. The van der Waals surface area contributed by atoms with Crippen LogP contribution in [-0.4, -0.2) is 19.1 Å². The standard InChI is InChI=1S/C14H22ClIN2/c1-10(2)7-17-8-11(3)18-9-12-4-5-14(16)13(15)6-12/h4-6,10-11,17-18H,7-9H2,1-3H3. The molecule has 4 heteroatoms. The van der Waals surface area contributed by atoms with Crippen molar-refractivity contribution in [2.75, 3.05) is 13.1 Å². The third-order valence-corrected chi connectivity index (χ3v) is 4.21. The van der Waals surface area contributed by atoms with E-state index in [1.54, 1.807) is 0 Å². The molecule has 18 heavy (non-hydrogen) atoms. The first kappa shape index (κ1) is 16.2. The highest BCUT2D eigenvalue weighted by molar-refractivity contribution is 14.1. The van der Waals surface area contributed by atoms with Crippen LogP contribution in [0, 0.1) is 9.49 Å². The van der Waals surface area contributed by atoms with Gasteiger partial charge in [-0.3, -0.25) is 0 Å². The molecule has 1 rings (SSSR count). The molecule has 0 saturated heterocycles. The molecule has 0 radical (unpaired) electrons. The fourth-order valence-corrected chi connectivity index (χ4v) is 2.14. The minimum Gasteiger partial charge on any atom is -0.315 e. The van der Waals surface area contributed by atoms with Gasteiger partial charge in [0.15, 0.2) is 0 Å². The fourth-order valence-electron chi connectivity index (χ4n) is 1.60. The normalized spacial score (nSPS) is 13.0. The number of rotatable bonds is 7. The van der Waals surface area contributed by atoms with Gasteiger partial charge in [0, 0.05) is 22.7 Å². The lowest BCUT2D eigenvalue weighted by molar-refractivity contribution is 0.472. The van der Waals surface area contributed by atoms with Gasteiger partial charge in [0.05, 0.1) is 5.02 Å². The predicted octanol–water partition coefficient (Wildman–Crippen LogP) is 3.67. The quantitative estimate of drug-likeness (QED) is 0.705. The summed E-state index contributed by atoms with van der Waals surface area (Å²) in [6.45, 7) is 9.57. The zero-order valence-corrected chi connectivity index (χ0v) is 14.2. The maximum absolute atomic E-state index is 6.10. The molecule has 2 N–H and O–H groups in total. The monoisotopic (exact) mass is 380 g/mol. The molecule has 2 nitrogen and oxygen atoms in total.